The molecule has 0 radical (unpaired) electrons. The van der Waals surface area contributed by atoms with E-state index in [4.69, 9.17) is 9.84 Å². The monoisotopic (exact) mass is 321 g/mol. The van der Waals surface area contributed by atoms with Gasteiger partial charge in [0, 0.05) is 0 Å². The zero-order valence-corrected chi connectivity index (χ0v) is 14.9. The number of halogens is 1. The number of likely N-dealkylation sites (N-methyl/N-ethyl adjacent to an activating group) is 1. The minimum atomic E-state index is -0.131. The van der Waals surface area contributed by atoms with E-state index >= 15 is 0 Å². The van der Waals surface area contributed by atoms with Crippen LogP contribution in [0.4, 0.5) is 0 Å². The smallest absolute Gasteiger partial charge is 0.362 e. The molecule has 4 nitrogen and oxygen atoms in total. The van der Waals surface area contributed by atoms with Gasteiger partial charge in [0.2, 0.25) is 0 Å². The molecule has 1 saturated carbocycles. The minimum Gasteiger partial charge on any atom is -1.00 e. The van der Waals surface area contributed by atoms with Gasteiger partial charge in [0.25, 0.3) is 0 Å². The van der Waals surface area contributed by atoms with Crippen molar-refractivity contribution in [2.45, 2.75) is 46.1 Å². The number of rotatable bonds is 6. The summed E-state index contributed by atoms with van der Waals surface area (Å²) in [7, 11) is 3.89. The van der Waals surface area contributed by atoms with Gasteiger partial charge in [-0.15, -0.1) is 0 Å². The molecule has 0 aromatic heterocycles. The zero-order valence-electron chi connectivity index (χ0n) is 14.1. The first-order valence-corrected chi connectivity index (χ1v) is 7.87. The molecule has 21 heavy (non-hydrogen) atoms. The first-order valence-electron chi connectivity index (χ1n) is 7.87. The normalized spacial score (nSPS) is 26.3. The molecule has 3 unspecified atom stereocenters. The molecule has 5 heteroatoms. The molecular formula is C16H32ClNO3. The first kappa shape index (κ1) is 20.7. The largest absolute Gasteiger partial charge is 1.00 e. The van der Waals surface area contributed by atoms with Crippen molar-refractivity contribution in [2.75, 3.05) is 33.8 Å². The van der Waals surface area contributed by atoms with E-state index in [0.717, 1.165) is 12.8 Å². The molecule has 0 aromatic carbocycles. The van der Waals surface area contributed by atoms with Crippen LogP contribution in [0.2, 0.25) is 0 Å². The molecule has 0 bridgehead atoms. The highest BCUT2D eigenvalue weighted by Crippen LogP contribution is 2.35. The van der Waals surface area contributed by atoms with Gasteiger partial charge in [0.05, 0.1) is 20.7 Å². The molecule has 0 saturated heterocycles. The summed E-state index contributed by atoms with van der Waals surface area (Å²) in [5.74, 6) is 1.56. The number of hydrogen-bond donors (Lipinski definition) is 1. The summed E-state index contributed by atoms with van der Waals surface area (Å²) < 4.78 is 6.26. The second kappa shape index (κ2) is 8.96. The number of hydrogen-bond acceptors (Lipinski definition) is 3. The van der Waals surface area contributed by atoms with Gasteiger partial charge in [-0.25, -0.2) is 4.79 Å². The van der Waals surface area contributed by atoms with E-state index in [1.807, 2.05) is 14.1 Å². The third kappa shape index (κ3) is 6.98. The zero-order chi connectivity index (χ0) is 15.3. The van der Waals surface area contributed by atoms with Crippen LogP contribution in [0.15, 0.2) is 0 Å². The van der Waals surface area contributed by atoms with Crippen LogP contribution in [0, 0.1) is 17.8 Å². The van der Waals surface area contributed by atoms with Crippen LogP contribution in [0.3, 0.4) is 0 Å². The molecule has 1 N–H and O–H groups in total. The summed E-state index contributed by atoms with van der Waals surface area (Å²) in [6, 6.07) is 0. The summed E-state index contributed by atoms with van der Waals surface area (Å²) in [5, 5.41) is 9.02. The van der Waals surface area contributed by atoms with Gasteiger partial charge in [-0.1, -0.05) is 27.2 Å². The average molecular weight is 322 g/mol. The van der Waals surface area contributed by atoms with Gasteiger partial charge in [-0.3, -0.25) is 0 Å². The molecule has 1 aliphatic carbocycles. The van der Waals surface area contributed by atoms with Gasteiger partial charge >= 0.3 is 5.97 Å². The van der Waals surface area contributed by atoms with Crippen molar-refractivity contribution in [1.29, 1.82) is 0 Å². The Bertz CT molecular complexity index is 321. The van der Waals surface area contributed by atoms with Gasteiger partial charge in [0.15, 0.2) is 6.54 Å². The van der Waals surface area contributed by atoms with Crippen molar-refractivity contribution in [2.24, 2.45) is 17.8 Å². The van der Waals surface area contributed by atoms with Crippen molar-refractivity contribution in [3.63, 3.8) is 0 Å². The van der Waals surface area contributed by atoms with E-state index in [1.165, 1.54) is 6.42 Å². The summed E-state index contributed by atoms with van der Waals surface area (Å²) in [5.41, 5.74) is 0. The first-order chi connectivity index (χ1) is 9.25. The fourth-order valence-corrected chi connectivity index (χ4v) is 3.16. The van der Waals surface area contributed by atoms with Crippen LogP contribution in [-0.4, -0.2) is 55.5 Å². The number of aliphatic hydroxyl groups excluding tert-OH is 1. The number of carbonyl (C=O) groups is 1. The lowest BCUT2D eigenvalue weighted by atomic mass is 9.75. The van der Waals surface area contributed by atoms with E-state index in [0.29, 0.717) is 35.3 Å². The maximum absolute atomic E-state index is 12.2. The standard InChI is InChI=1S/C16H32NO3.ClH/c1-12(2)14-7-6-13(3)10-15(14)20-16(19)11-17(4,5)8-9-18;/h12-15,18H,6-11H2,1-5H3;1H/q+1;/p-1. The molecule has 0 aliphatic heterocycles. The molecule has 0 aromatic rings. The van der Waals surface area contributed by atoms with E-state index in [1.54, 1.807) is 0 Å². The van der Waals surface area contributed by atoms with Crippen molar-refractivity contribution in [3.8, 4) is 0 Å². The average Bonchev–Trinajstić information content (AvgIpc) is 2.26. The summed E-state index contributed by atoms with van der Waals surface area (Å²) in [6.07, 6.45) is 3.46. The predicted molar refractivity (Wildman–Crippen MR) is 80.2 cm³/mol. The van der Waals surface area contributed by atoms with Gasteiger partial charge in [-0.05, 0) is 30.6 Å². The summed E-state index contributed by atoms with van der Waals surface area (Å²) in [4.78, 5) is 12.2. The van der Waals surface area contributed by atoms with Crippen molar-refractivity contribution in [1.82, 2.24) is 0 Å². The fraction of sp³-hybridized carbons (Fsp3) is 0.938. The van der Waals surface area contributed by atoms with E-state index in [-0.39, 0.29) is 31.1 Å². The van der Waals surface area contributed by atoms with Crippen LogP contribution < -0.4 is 12.4 Å². The van der Waals surface area contributed by atoms with Crippen LogP contribution in [-0.2, 0) is 9.53 Å². The number of aliphatic hydroxyl groups is 1. The van der Waals surface area contributed by atoms with E-state index in [2.05, 4.69) is 20.8 Å². The van der Waals surface area contributed by atoms with Gasteiger partial charge < -0.3 is 26.7 Å². The Morgan fingerprint density at radius 3 is 2.48 bits per heavy atom. The topological polar surface area (TPSA) is 46.5 Å². The van der Waals surface area contributed by atoms with Crippen LogP contribution in [0.5, 0.6) is 0 Å². The van der Waals surface area contributed by atoms with Crippen molar-refractivity contribution >= 4 is 5.97 Å². The highest BCUT2D eigenvalue weighted by atomic mass is 35.5. The lowest BCUT2D eigenvalue weighted by Crippen LogP contribution is -3.00. The molecule has 1 aliphatic rings. The van der Waals surface area contributed by atoms with Gasteiger partial charge in [-0.2, -0.15) is 0 Å². The second-order valence-corrected chi connectivity index (χ2v) is 7.40. The van der Waals surface area contributed by atoms with Crippen molar-refractivity contribution in [3.05, 3.63) is 0 Å². The predicted octanol–water partition coefficient (Wildman–Crippen LogP) is -0.937. The molecule has 0 spiro atoms. The number of ether oxygens (including phenoxy) is 1. The minimum absolute atomic E-state index is 0. The quantitative estimate of drug-likeness (QED) is 0.507. The van der Waals surface area contributed by atoms with Crippen LogP contribution in [0.1, 0.15) is 40.0 Å². The molecular weight excluding hydrogens is 290 g/mol. The Labute approximate surface area is 135 Å². The molecule has 1 fully saturated rings. The highest BCUT2D eigenvalue weighted by molar-refractivity contribution is 5.70. The molecule has 126 valence electrons. The lowest BCUT2D eigenvalue weighted by Gasteiger charge is -2.37. The Morgan fingerprint density at radius 2 is 1.95 bits per heavy atom. The molecule has 0 heterocycles. The fourth-order valence-electron chi connectivity index (χ4n) is 3.16. The number of nitrogens with zero attached hydrogens (tertiary/aromatic N) is 1. The molecule has 1 rings (SSSR count). The summed E-state index contributed by atoms with van der Waals surface area (Å²) in [6.45, 7) is 7.67. The second-order valence-electron chi connectivity index (χ2n) is 7.40. The van der Waals surface area contributed by atoms with E-state index < -0.39 is 0 Å². The Hall–Kier alpha value is -0.320. The van der Waals surface area contributed by atoms with E-state index in [9.17, 15) is 4.79 Å². The Morgan fingerprint density at radius 1 is 1.33 bits per heavy atom. The maximum atomic E-state index is 12.2. The summed E-state index contributed by atoms with van der Waals surface area (Å²) >= 11 is 0. The highest BCUT2D eigenvalue weighted by Gasteiger charge is 2.34. The van der Waals surface area contributed by atoms with Crippen LogP contribution in [0.25, 0.3) is 0 Å². The SMILES string of the molecule is CC1CCC(C(C)C)C(OC(=O)C[N+](C)(C)CCO)C1.[Cl-]. The number of carbonyl (C=O) groups excluding carboxylic acids is 1. The lowest BCUT2D eigenvalue weighted by molar-refractivity contribution is -0.883. The third-order valence-electron chi connectivity index (χ3n) is 4.51. The number of esters is 1. The maximum Gasteiger partial charge on any atom is 0.362 e. The third-order valence-corrected chi connectivity index (χ3v) is 4.51. The molecule has 3 atom stereocenters. The Kier molecular flexibility index (Phi) is 8.83. The molecule has 0 amide bonds. The Balaban J connectivity index is 0.00000400. The van der Waals surface area contributed by atoms with Crippen LogP contribution >= 0.6 is 0 Å². The van der Waals surface area contributed by atoms with Crippen molar-refractivity contribution < 1.29 is 31.5 Å². The van der Waals surface area contributed by atoms with Gasteiger partial charge in [0.1, 0.15) is 12.6 Å². The number of quaternary nitrogens is 1.